The van der Waals surface area contributed by atoms with Crippen LogP contribution >= 0.6 is 11.3 Å². The van der Waals surface area contributed by atoms with E-state index in [1.54, 1.807) is 25.1 Å². The van der Waals surface area contributed by atoms with Crippen molar-refractivity contribution in [2.75, 3.05) is 11.9 Å². The molecule has 2 aromatic carbocycles. The van der Waals surface area contributed by atoms with Crippen LogP contribution < -0.4 is 5.32 Å². The Labute approximate surface area is 161 Å². The van der Waals surface area contributed by atoms with E-state index < -0.39 is 15.8 Å². The molecule has 6 nitrogen and oxygen atoms in total. The van der Waals surface area contributed by atoms with Crippen LogP contribution in [0.25, 0.3) is 0 Å². The van der Waals surface area contributed by atoms with Gasteiger partial charge < -0.3 is 10.1 Å². The van der Waals surface area contributed by atoms with Crippen LogP contribution in [-0.2, 0) is 14.6 Å². The number of anilines is 2. The van der Waals surface area contributed by atoms with E-state index in [4.69, 9.17) is 4.74 Å². The minimum atomic E-state index is -3.90. The van der Waals surface area contributed by atoms with Crippen LogP contribution in [0.4, 0.5) is 10.8 Å². The number of thiazole rings is 1. The van der Waals surface area contributed by atoms with Gasteiger partial charge in [0.25, 0.3) is 0 Å². The lowest BCUT2D eigenvalue weighted by Crippen LogP contribution is -2.11. The number of hydrogen-bond donors (Lipinski definition) is 1. The molecule has 3 rings (SSSR count). The molecule has 1 aromatic heterocycles. The molecule has 140 valence electrons. The zero-order chi connectivity index (χ0) is 19.4. The molecule has 8 heteroatoms. The number of nitrogens with zero attached hydrogens (tertiary/aromatic N) is 1. The van der Waals surface area contributed by atoms with Gasteiger partial charge in [-0.25, -0.2) is 18.2 Å². The number of rotatable bonds is 6. The predicted molar refractivity (Wildman–Crippen MR) is 104 cm³/mol. The molecule has 0 fully saturated rings. The first-order chi connectivity index (χ1) is 12.9. The van der Waals surface area contributed by atoms with Crippen molar-refractivity contribution in [2.45, 2.75) is 23.0 Å². The van der Waals surface area contributed by atoms with Crippen LogP contribution in [0, 0.1) is 6.92 Å². The highest BCUT2D eigenvalue weighted by atomic mass is 32.2. The highest BCUT2D eigenvalue weighted by molar-refractivity contribution is 7.93. The van der Waals surface area contributed by atoms with Gasteiger partial charge in [0.1, 0.15) is 0 Å². The Morgan fingerprint density at radius 3 is 2.41 bits per heavy atom. The molecule has 0 bridgehead atoms. The molecule has 0 radical (unpaired) electrons. The first-order valence-corrected chi connectivity index (χ1v) is 10.5. The molecule has 0 atom stereocenters. The SMILES string of the molecule is CCOC(=O)c1nc(Nc2ccc(C)cc2)sc1S(=O)(=O)c1ccccc1. The van der Waals surface area contributed by atoms with Gasteiger partial charge in [-0.3, -0.25) is 0 Å². The van der Waals surface area contributed by atoms with Gasteiger partial charge in [-0.05, 0) is 38.1 Å². The van der Waals surface area contributed by atoms with Gasteiger partial charge in [0.05, 0.1) is 11.5 Å². The number of esters is 1. The van der Waals surface area contributed by atoms with E-state index in [0.29, 0.717) is 5.13 Å². The fraction of sp³-hybridized carbons (Fsp3) is 0.158. The summed E-state index contributed by atoms with van der Waals surface area (Å²) in [7, 11) is -3.90. The van der Waals surface area contributed by atoms with Crippen LogP contribution in [0.2, 0.25) is 0 Å². The Bertz CT molecular complexity index is 1040. The van der Waals surface area contributed by atoms with Gasteiger partial charge >= 0.3 is 5.97 Å². The lowest BCUT2D eigenvalue weighted by atomic mass is 10.2. The Kier molecular flexibility index (Phi) is 5.57. The Morgan fingerprint density at radius 2 is 1.78 bits per heavy atom. The number of carbonyl (C=O) groups is 1. The number of ether oxygens (including phenoxy) is 1. The van der Waals surface area contributed by atoms with E-state index in [2.05, 4.69) is 10.3 Å². The van der Waals surface area contributed by atoms with Crippen molar-refractivity contribution in [3.05, 3.63) is 65.9 Å². The van der Waals surface area contributed by atoms with Crippen LogP contribution in [0.1, 0.15) is 23.0 Å². The molecule has 27 heavy (non-hydrogen) atoms. The maximum atomic E-state index is 13.0. The number of nitrogens with one attached hydrogen (secondary N) is 1. The molecule has 0 spiro atoms. The van der Waals surface area contributed by atoms with Gasteiger partial charge in [-0.2, -0.15) is 0 Å². The summed E-state index contributed by atoms with van der Waals surface area (Å²) < 4.78 is 30.9. The first-order valence-electron chi connectivity index (χ1n) is 8.23. The standard InChI is InChI=1S/C19H18N2O4S2/c1-3-25-17(22)16-18(27(23,24)15-7-5-4-6-8-15)26-19(21-16)20-14-11-9-13(2)10-12-14/h4-12H,3H2,1-2H3,(H,20,21). The zero-order valence-electron chi connectivity index (χ0n) is 14.8. The molecule has 0 amide bonds. The maximum Gasteiger partial charge on any atom is 0.359 e. The zero-order valence-corrected chi connectivity index (χ0v) is 16.4. The highest BCUT2D eigenvalue weighted by Gasteiger charge is 2.30. The lowest BCUT2D eigenvalue weighted by Gasteiger charge is -2.04. The van der Waals surface area contributed by atoms with E-state index in [1.165, 1.54) is 12.1 Å². The summed E-state index contributed by atoms with van der Waals surface area (Å²) in [6.45, 7) is 3.75. The molecule has 0 aliphatic rings. The molecule has 0 saturated heterocycles. The molecule has 0 aliphatic carbocycles. The van der Waals surface area contributed by atoms with Crippen molar-refractivity contribution in [3.8, 4) is 0 Å². The number of hydrogen-bond acceptors (Lipinski definition) is 7. The van der Waals surface area contributed by atoms with Gasteiger partial charge in [0.15, 0.2) is 15.0 Å². The molecule has 1 N–H and O–H groups in total. The third kappa shape index (κ3) is 4.17. The number of sulfone groups is 1. The van der Waals surface area contributed by atoms with E-state index in [9.17, 15) is 13.2 Å². The quantitative estimate of drug-likeness (QED) is 0.622. The fourth-order valence-corrected chi connectivity index (χ4v) is 5.12. The molecule has 0 aliphatic heterocycles. The maximum absolute atomic E-state index is 13.0. The summed E-state index contributed by atoms with van der Waals surface area (Å²) in [5, 5.41) is 3.35. The second-order valence-electron chi connectivity index (χ2n) is 5.68. The van der Waals surface area contributed by atoms with E-state index >= 15 is 0 Å². The molecular weight excluding hydrogens is 384 g/mol. The average Bonchev–Trinajstić information content (AvgIpc) is 3.09. The topological polar surface area (TPSA) is 85.4 Å². The third-order valence-corrected chi connectivity index (χ3v) is 6.91. The first kappa shape index (κ1) is 19.1. The molecule has 0 saturated carbocycles. The van der Waals surface area contributed by atoms with E-state index in [-0.39, 0.29) is 21.4 Å². The van der Waals surface area contributed by atoms with Crippen molar-refractivity contribution in [1.82, 2.24) is 4.98 Å². The van der Waals surface area contributed by atoms with Crippen LogP contribution in [0.3, 0.4) is 0 Å². The van der Waals surface area contributed by atoms with Gasteiger partial charge in [0, 0.05) is 5.69 Å². The van der Waals surface area contributed by atoms with Gasteiger partial charge in [-0.15, -0.1) is 0 Å². The number of benzene rings is 2. The summed E-state index contributed by atoms with van der Waals surface area (Å²) in [5.41, 5.74) is 1.63. The molecule has 3 aromatic rings. The number of aryl methyl sites for hydroxylation is 1. The second kappa shape index (κ2) is 7.89. The van der Waals surface area contributed by atoms with Gasteiger partial charge in [-0.1, -0.05) is 47.2 Å². The Hall–Kier alpha value is -2.71. The molecular formula is C19H18N2O4S2. The largest absolute Gasteiger partial charge is 0.461 e. The summed E-state index contributed by atoms with van der Waals surface area (Å²) in [5.74, 6) is -0.764. The smallest absolute Gasteiger partial charge is 0.359 e. The molecule has 0 unspecified atom stereocenters. The molecule has 1 heterocycles. The summed E-state index contributed by atoms with van der Waals surface area (Å²) >= 11 is 0.903. The van der Waals surface area contributed by atoms with Crippen LogP contribution in [0.15, 0.2) is 63.7 Å². The van der Waals surface area contributed by atoms with Crippen molar-refractivity contribution < 1.29 is 17.9 Å². The highest BCUT2D eigenvalue weighted by Crippen LogP contribution is 2.34. The normalized spacial score (nSPS) is 11.2. The number of carbonyl (C=O) groups excluding carboxylic acids is 1. The minimum absolute atomic E-state index is 0.0982. The van der Waals surface area contributed by atoms with Gasteiger partial charge in [0.2, 0.25) is 9.84 Å². The summed E-state index contributed by atoms with van der Waals surface area (Å²) in [6, 6.07) is 15.5. The summed E-state index contributed by atoms with van der Waals surface area (Å²) in [4.78, 5) is 16.6. The lowest BCUT2D eigenvalue weighted by molar-refractivity contribution is 0.0516. The number of aromatic nitrogens is 1. The predicted octanol–water partition coefficient (Wildman–Crippen LogP) is 4.20. The monoisotopic (exact) mass is 402 g/mol. The minimum Gasteiger partial charge on any atom is -0.461 e. The Morgan fingerprint density at radius 1 is 1.11 bits per heavy atom. The van der Waals surface area contributed by atoms with E-state index in [1.807, 2.05) is 31.2 Å². The average molecular weight is 402 g/mol. The van der Waals surface area contributed by atoms with Crippen molar-refractivity contribution in [3.63, 3.8) is 0 Å². The van der Waals surface area contributed by atoms with Crippen molar-refractivity contribution in [2.24, 2.45) is 0 Å². The van der Waals surface area contributed by atoms with E-state index in [0.717, 1.165) is 22.6 Å². The second-order valence-corrected chi connectivity index (χ2v) is 8.83. The third-order valence-electron chi connectivity index (χ3n) is 3.67. The Balaban J connectivity index is 2.05. The van der Waals surface area contributed by atoms with Crippen molar-refractivity contribution in [1.29, 1.82) is 0 Å². The van der Waals surface area contributed by atoms with Crippen LogP contribution in [-0.4, -0.2) is 26.0 Å². The van der Waals surface area contributed by atoms with Crippen LogP contribution in [0.5, 0.6) is 0 Å². The summed E-state index contributed by atoms with van der Waals surface area (Å²) in [6.07, 6.45) is 0. The van der Waals surface area contributed by atoms with Crippen molar-refractivity contribution >= 4 is 38.0 Å². The fourth-order valence-electron chi connectivity index (χ4n) is 2.34.